The van der Waals surface area contributed by atoms with Gasteiger partial charge in [-0.3, -0.25) is 4.79 Å². The molecule has 1 amide bonds. The molecule has 1 aliphatic heterocycles. The molecule has 2 rings (SSSR count). The molecule has 0 aromatic heterocycles. The molecule has 1 fully saturated rings. The van der Waals surface area contributed by atoms with Crippen LogP contribution in [0.25, 0.3) is 0 Å². The monoisotopic (exact) mass is 284 g/mol. The van der Waals surface area contributed by atoms with E-state index in [1.165, 1.54) is 0 Å². The van der Waals surface area contributed by atoms with Gasteiger partial charge in [0.25, 0.3) is 0 Å². The van der Waals surface area contributed by atoms with Crippen molar-refractivity contribution in [3.8, 4) is 0 Å². The van der Waals surface area contributed by atoms with Gasteiger partial charge < -0.3 is 10.6 Å². The summed E-state index contributed by atoms with van der Waals surface area (Å²) in [5, 5.41) is 6.81. The van der Waals surface area contributed by atoms with Crippen molar-refractivity contribution in [3.63, 3.8) is 0 Å². The fourth-order valence-electron chi connectivity index (χ4n) is 2.05. The van der Waals surface area contributed by atoms with Crippen molar-refractivity contribution >= 4 is 35.0 Å². The Balaban J connectivity index is 2.00. The minimum Gasteiger partial charge on any atom is -0.325 e. The molecule has 18 heavy (non-hydrogen) atoms. The zero-order chi connectivity index (χ0) is 13.0. The molecule has 1 heterocycles. The number of piperidine rings is 1. The second-order valence-corrected chi connectivity index (χ2v) is 5.60. The summed E-state index contributed by atoms with van der Waals surface area (Å²) in [5.74, 6) is 0.0302. The molecule has 5 heteroatoms. The van der Waals surface area contributed by atoms with Crippen LogP contribution in [0.2, 0.25) is 5.02 Å². The van der Waals surface area contributed by atoms with E-state index < -0.39 is 0 Å². The lowest BCUT2D eigenvalue weighted by atomic mass is 10.0. The van der Waals surface area contributed by atoms with Crippen molar-refractivity contribution in [1.82, 2.24) is 5.32 Å². The highest BCUT2D eigenvalue weighted by Crippen LogP contribution is 2.28. The summed E-state index contributed by atoms with van der Waals surface area (Å²) < 4.78 is 0. The molecule has 3 nitrogen and oxygen atoms in total. The number of halogens is 1. The Morgan fingerprint density at radius 3 is 2.94 bits per heavy atom. The number of benzene rings is 1. The van der Waals surface area contributed by atoms with Gasteiger partial charge in [-0.05, 0) is 43.8 Å². The van der Waals surface area contributed by atoms with Crippen LogP contribution in [0.4, 0.5) is 5.69 Å². The number of hydrogen-bond donors (Lipinski definition) is 2. The zero-order valence-electron chi connectivity index (χ0n) is 10.3. The largest absolute Gasteiger partial charge is 0.325 e. The van der Waals surface area contributed by atoms with Crippen LogP contribution in [0.1, 0.15) is 19.3 Å². The quantitative estimate of drug-likeness (QED) is 0.838. The Morgan fingerprint density at radius 2 is 2.33 bits per heavy atom. The highest BCUT2D eigenvalue weighted by molar-refractivity contribution is 7.98. The van der Waals surface area contributed by atoms with Crippen LogP contribution in [0.15, 0.2) is 23.1 Å². The average molecular weight is 285 g/mol. The lowest BCUT2D eigenvalue weighted by molar-refractivity contribution is -0.118. The lowest BCUT2D eigenvalue weighted by Gasteiger charge is -2.22. The zero-order valence-corrected chi connectivity index (χ0v) is 11.9. The number of anilines is 1. The SMILES string of the molecule is CSc1ccc(NC(=O)C2CCCCN2)cc1Cl. The van der Waals surface area contributed by atoms with E-state index in [-0.39, 0.29) is 11.9 Å². The summed E-state index contributed by atoms with van der Waals surface area (Å²) >= 11 is 7.71. The minimum absolute atomic E-state index is 0.0302. The van der Waals surface area contributed by atoms with Gasteiger partial charge in [-0.2, -0.15) is 0 Å². The molecule has 1 aliphatic rings. The van der Waals surface area contributed by atoms with Crippen LogP contribution >= 0.6 is 23.4 Å². The fourth-order valence-corrected chi connectivity index (χ4v) is 2.92. The van der Waals surface area contributed by atoms with Crippen LogP contribution in [0.3, 0.4) is 0 Å². The third-order valence-corrected chi connectivity index (χ3v) is 4.27. The summed E-state index contributed by atoms with van der Waals surface area (Å²) in [6.45, 7) is 0.921. The van der Waals surface area contributed by atoms with E-state index in [9.17, 15) is 4.79 Å². The van der Waals surface area contributed by atoms with Gasteiger partial charge in [-0.25, -0.2) is 0 Å². The van der Waals surface area contributed by atoms with E-state index in [4.69, 9.17) is 11.6 Å². The number of carbonyl (C=O) groups is 1. The van der Waals surface area contributed by atoms with Crippen molar-refractivity contribution in [2.24, 2.45) is 0 Å². The van der Waals surface area contributed by atoms with Crippen molar-refractivity contribution < 1.29 is 4.79 Å². The molecule has 0 bridgehead atoms. The standard InChI is InChI=1S/C13H17ClN2OS/c1-18-12-6-5-9(8-10(12)14)16-13(17)11-4-2-3-7-15-11/h5-6,8,11,15H,2-4,7H2,1H3,(H,16,17). The molecule has 2 N–H and O–H groups in total. The molecule has 1 aromatic carbocycles. The van der Waals surface area contributed by atoms with Gasteiger partial charge in [0.15, 0.2) is 0 Å². The first kappa shape index (κ1) is 13.7. The first-order valence-electron chi connectivity index (χ1n) is 6.08. The van der Waals surface area contributed by atoms with Crippen LogP contribution < -0.4 is 10.6 Å². The van der Waals surface area contributed by atoms with Crippen LogP contribution in [-0.4, -0.2) is 24.7 Å². The van der Waals surface area contributed by atoms with E-state index in [2.05, 4.69) is 10.6 Å². The first-order chi connectivity index (χ1) is 8.70. The normalized spacial score (nSPS) is 19.6. The molecule has 0 spiro atoms. The summed E-state index contributed by atoms with van der Waals surface area (Å²) in [4.78, 5) is 13.0. The van der Waals surface area contributed by atoms with Crippen molar-refractivity contribution in [2.45, 2.75) is 30.2 Å². The Hall–Kier alpha value is -0.710. The highest BCUT2D eigenvalue weighted by Gasteiger charge is 2.20. The van der Waals surface area contributed by atoms with Gasteiger partial charge >= 0.3 is 0 Å². The highest BCUT2D eigenvalue weighted by atomic mass is 35.5. The number of rotatable bonds is 3. The number of carbonyl (C=O) groups excluding carboxylic acids is 1. The summed E-state index contributed by atoms with van der Waals surface area (Å²) in [6.07, 6.45) is 5.14. The maximum Gasteiger partial charge on any atom is 0.241 e. The van der Waals surface area contributed by atoms with Gasteiger partial charge in [0.05, 0.1) is 11.1 Å². The first-order valence-corrected chi connectivity index (χ1v) is 7.69. The summed E-state index contributed by atoms with van der Waals surface area (Å²) in [5.41, 5.74) is 0.759. The fraction of sp³-hybridized carbons (Fsp3) is 0.462. The molecule has 0 saturated carbocycles. The van der Waals surface area contributed by atoms with Gasteiger partial charge in [-0.1, -0.05) is 18.0 Å². The molecule has 98 valence electrons. The molecule has 0 radical (unpaired) electrons. The second-order valence-electron chi connectivity index (χ2n) is 4.34. The molecule has 1 atom stereocenters. The van der Waals surface area contributed by atoms with Crippen molar-refractivity contribution in [1.29, 1.82) is 0 Å². The maximum atomic E-state index is 12.0. The third kappa shape index (κ3) is 3.40. The van der Waals surface area contributed by atoms with E-state index in [0.29, 0.717) is 5.02 Å². The average Bonchev–Trinajstić information content (AvgIpc) is 2.40. The number of hydrogen-bond acceptors (Lipinski definition) is 3. The van der Waals surface area contributed by atoms with Crippen molar-refractivity contribution in [3.05, 3.63) is 23.2 Å². The Kier molecular flexibility index (Phi) is 4.92. The Labute approximate surface area is 117 Å². The number of thioether (sulfide) groups is 1. The molecule has 0 aliphatic carbocycles. The third-order valence-electron chi connectivity index (χ3n) is 3.05. The summed E-state index contributed by atoms with van der Waals surface area (Å²) in [7, 11) is 0. The minimum atomic E-state index is -0.0715. The molecular weight excluding hydrogens is 268 g/mol. The van der Waals surface area contributed by atoms with Crippen LogP contribution in [-0.2, 0) is 4.79 Å². The smallest absolute Gasteiger partial charge is 0.241 e. The second kappa shape index (κ2) is 6.45. The Bertz CT molecular complexity index is 433. The lowest BCUT2D eigenvalue weighted by Crippen LogP contribution is -2.43. The van der Waals surface area contributed by atoms with E-state index in [1.54, 1.807) is 17.8 Å². The predicted molar refractivity (Wildman–Crippen MR) is 77.5 cm³/mol. The maximum absolute atomic E-state index is 12.0. The molecule has 1 unspecified atom stereocenters. The number of nitrogens with one attached hydrogen (secondary N) is 2. The van der Waals surface area contributed by atoms with Gasteiger partial charge in [0.2, 0.25) is 5.91 Å². The van der Waals surface area contributed by atoms with E-state index in [1.807, 2.05) is 18.4 Å². The van der Waals surface area contributed by atoms with Crippen LogP contribution in [0, 0.1) is 0 Å². The summed E-state index contributed by atoms with van der Waals surface area (Å²) in [6, 6.07) is 5.54. The predicted octanol–water partition coefficient (Wildman–Crippen LogP) is 3.14. The number of amides is 1. The van der Waals surface area contributed by atoms with Crippen LogP contribution in [0.5, 0.6) is 0 Å². The van der Waals surface area contributed by atoms with Gasteiger partial charge in [0, 0.05) is 10.6 Å². The molecular formula is C13H17ClN2OS. The van der Waals surface area contributed by atoms with E-state index >= 15 is 0 Å². The van der Waals surface area contributed by atoms with Gasteiger partial charge in [0.1, 0.15) is 0 Å². The Morgan fingerprint density at radius 1 is 1.50 bits per heavy atom. The molecule has 1 saturated heterocycles. The molecule has 1 aromatic rings. The topological polar surface area (TPSA) is 41.1 Å². The van der Waals surface area contributed by atoms with Gasteiger partial charge in [-0.15, -0.1) is 11.8 Å². The van der Waals surface area contributed by atoms with E-state index in [0.717, 1.165) is 36.4 Å². The van der Waals surface area contributed by atoms with Crippen molar-refractivity contribution in [2.75, 3.05) is 18.1 Å².